The molecule has 0 bridgehead atoms. The van der Waals surface area contributed by atoms with Crippen molar-refractivity contribution >= 4 is 10.7 Å². The van der Waals surface area contributed by atoms with Gasteiger partial charge in [-0.25, -0.2) is 8.42 Å². The molecule has 0 aromatic heterocycles. The first kappa shape index (κ1) is 12.9. The summed E-state index contributed by atoms with van der Waals surface area (Å²) in [5, 5.41) is -0.162. The van der Waals surface area contributed by atoms with Crippen LogP contribution in [0.15, 0.2) is 0 Å². The highest BCUT2D eigenvalue weighted by molar-refractivity contribution is 7.73. The summed E-state index contributed by atoms with van der Waals surface area (Å²) in [6.07, 6.45) is 1.77. The van der Waals surface area contributed by atoms with Crippen LogP contribution < -0.4 is 0 Å². The highest BCUT2D eigenvalue weighted by Gasteiger charge is 2.05. The number of hydrogen-bond acceptors (Lipinski definition) is 3. The zero-order valence-corrected chi connectivity index (χ0v) is 9.72. The average molecular weight is 207 g/mol. The second kappa shape index (κ2) is 7.33. The predicted octanol–water partition coefficient (Wildman–Crippen LogP) is 1.11. The van der Waals surface area contributed by atoms with Gasteiger partial charge in [0.1, 0.15) is 10.7 Å². The SMILES string of the molecule is CCN(CC)CCCC(C)[SH](=O)=O. The maximum atomic E-state index is 10.5. The van der Waals surface area contributed by atoms with E-state index in [9.17, 15) is 8.42 Å². The molecular formula is C9H21NO2S. The molecule has 0 fully saturated rings. The lowest BCUT2D eigenvalue weighted by atomic mass is 10.2. The monoisotopic (exact) mass is 207 g/mol. The minimum atomic E-state index is -2.22. The lowest BCUT2D eigenvalue weighted by Gasteiger charge is -2.17. The maximum absolute atomic E-state index is 10.5. The van der Waals surface area contributed by atoms with Gasteiger partial charge in [-0.2, -0.15) is 0 Å². The number of hydrogen-bond donors (Lipinski definition) is 1. The molecule has 3 nitrogen and oxygen atoms in total. The molecule has 0 saturated carbocycles. The van der Waals surface area contributed by atoms with Gasteiger partial charge >= 0.3 is 0 Å². The predicted molar refractivity (Wildman–Crippen MR) is 56.8 cm³/mol. The normalized spacial score (nSPS) is 13.9. The minimum Gasteiger partial charge on any atom is -0.304 e. The zero-order chi connectivity index (χ0) is 10.3. The van der Waals surface area contributed by atoms with Crippen molar-refractivity contribution in [2.45, 2.75) is 38.9 Å². The standard InChI is InChI=1S/C9H21NO2S/c1-4-10(5-2)8-6-7-9(3)13(11)12/h9,13H,4-8H2,1-3H3. The quantitative estimate of drug-likeness (QED) is 0.635. The Labute approximate surface area is 83.1 Å². The molecule has 0 aliphatic heterocycles. The van der Waals surface area contributed by atoms with Gasteiger partial charge in [-0.15, -0.1) is 0 Å². The smallest absolute Gasteiger partial charge is 0.142 e. The highest BCUT2D eigenvalue weighted by atomic mass is 32.2. The zero-order valence-electron chi connectivity index (χ0n) is 8.82. The minimum absolute atomic E-state index is 0.162. The van der Waals surface area contributed by atoms with Crippen LogP contribution in [-0.4, -0.2) is 38.2 Å². The fourth-order valence-corrected chi connectivity index (χ4v) is 1.65. The van der Waals surface area contributed by atoms with E-state index in [0.29, 0.717) is 0 Å². The molecule has 0 rings (SSSR count). The molecule has 1 unspecified atom stereocenters. The van der Waals surface area contributed by atoms with Gasteiger partial charge in [0.2, 0.25) is 0 Å². The van der Waals surface area contributed by atoms with Crippen LogP contribution in [0.25, 0.3) is 0 Å². The summed E-state index contributed by atoms with van der Waals surface area (Å²) in [4.78, 5) is 2.31. The Kier molecular flexibility index (Phi) is 7.28. The third-order valence-corrected chi connectivity index (χ3v) is 3.33. The maximum Gasteiger partial charge on any atom is 0.142 e. The summed E-state index contributed by atoms with van der Waals surface area (Å²) in [6.45, 7) is 9.14. The van der Waals surface area contributed by atoms with E-state index in [1.54, 1.807) is 6.92 Å². The van der Waals surface area contributed by atoms with E-state index in [1.165, 1.54) is 0 Å². The van der Waals surface area contributed by atoms with Gasteiger partial charge in [-0.05, 0) is 39.4 Å². The van der Waals surface area contributed by atoms with Crippen LogP contribution >= 0.6 is 0 Å². The first-order valence-electron chi connectivity index (χ1n) is 4.97. The first-order chi connectivity index (χ1) is 6.11. The summed E-state index contributed by atoms with van der Waals surface area (Å²) in [5.74, 6) is 0. The third-order valence-electron chi connectivity index (χ3n) is 2.35. The summed E-state index contributed by atoms with van der Waals surface area (Å²) in [5.41, 5.74) is 0. The van der Waals surface area contributed by atoms with Crippen molar-refractivity contribution < 1.29 is 8.42 Å². The van der Waals surface area contributed by atoms with E-state index in [4.69, 9.17) is 0 Å². The molecule has 0 aliphatic rings. The molecule has 0 N–H and O–H groups in total. The molecule has 0 radical (unpaired) electrons. The second-order valence-corrected chi connectivity index (χ2v) is 4.76. The Balaban J connectivity index is 3.54. The number of thiol groups is 1. The van der Waals surface area contributed by atoms with Gasteiger partial charge in [0.05, 0.1) is 5.25 Å². The first-order valence-corrected chi connectivity index (χ1v) is 6.22. The van der Waals surface area contributed by atoms with Crippen LogP contribution in [0, 0.1) is 0 Å². The van der Waals surface area contributed by atoms with E-state index < -0.39 is 10.7 Å². The van der Waals surface area contributed by atoms with E-state index in [-0.39, 0.29) is 5.25 Å². The van der Waals surface area contributed by atoms with Crippen molar-refractivity contribution in [2.75, 3.05) is 19.6 Å². The summed E-state index contributed by atoms with van der Waals surface area (Å²) < 4.78 is 21.1. The fourth-order valence-electron chi connectivity index (χ4n) is 1.26. The Hall–Kier alpha value is -0.0900. The number of rotatable bonds is 7. The molecule has 80 valence electrons. The Morgan fingerprint density at radius 2 is 1.77 bits per heavy atom. The molecule has 0 saturated heterocycles. The van der Waals surface area contributed by atoms with Gasteiger partial charge in [0, 0.05) is 0 Å². The molecule has 0 heterocycles. The van der Waals surface area contributed by atoms with E-state index in [1.807, 2.05) is 0 Å². The van der Waals surface area contributed by atoms with Crippen LogP contribution in [0.1, 0.15) is 33.6 Å². The van der Waals surface area contributed by atoms with Gasteiger partial charge in [0.25, 0.3) is 0 Å². The Bertz CT molecular complexity index is 180. The second-order valence-electron chi connectivity index (χ2n) is 3.30. The lowest BCUT2D eigenvalue weighted by Crippen LogP contribution is -2.24. The number of nitrogens with zero attached hydrogens (tertiary/aromatic N) is 1. The lowest BCUT2D eigenvalue weighted by molar-refractivity contribution is 0.297. The fraction of sp³-hybridized carbons (Fsp3) is 1.00. The topological polar surface area (TPSA) is 37.4 Å². The molecule has 0 aliphatic carbocycles. The van der Waals surface area contributed by atoms with E-state index in [2.05, 4.69) is 18.7 Å². The molecule has 13 heavy (non-hydrogen) atoms. The van der Waals surface area contributed by atoms with Crippen molar-refractivity contribution in [1.82, 2.24) is 4.90 Å². The van der Waals surface area contributed by atoms with Crippen LogP contribution in [0.3, 0.4) is 0 Å². The van der Waals surface area contributed by atoms with E-state index in [0.717, 1.165) is 32.5 Å². The van der Waals surface area contributed by atoms with Crippen molar-refractivity contribution in [2.24, 2.45) is 0 Å². The molecular weight excluding hydrogens is 186 g/mol. The van der Waals surface area contributed by atoms with Gasteiger partial charge in [-0.3, -0.25) is 0 Å². The highest BCUT2D eigenvalue weighted by Crippen LogP contribution is 2.01. The van der Waals surface area contributed by atoms with Gasteiger partial charge in [0.15, 0.2) is 0 Å². The van der Waals surface area contributed by atoms with Crippen molar-refractivity contribution in [1.29, 1.82) is 0 Å². The largest absolute Gasteiger partial charge is 0.304 e. The molecule has 1 atom stereocenters. The van der Waals surface area contributed by atoms with Crippen LogP contribution in [0.4, 0.5) is 0 Å². The van der Waals surface area contributed by atoms with Crippen LogP contribution in [0.5, 0.6) is 0 Å². The third kappa shape index (κ3) is 6.05. The molecule has 0 aromatic carbocycles. The summed E-state index contributed by atoms with van der Waals surface area (Å²) >= 11 is 0. The molecule has 4 heteroatoms. The van der Waals surface area contributed by atoms with Gasteiger partial charge in [-0.1, -0.05) is 13.8 Å². The molecule has 0 aromatic rings. The summed E-state index contributed by atoms with van der Waals surface area (Å²) in [6, 6.07) is 0. The van der Waals surface area contributed by atoms with Crippen molar-refractivity contribution in [3.8, 4) is 0 Å². The van der Waals surface area contributed by atoms with Crippen molar-refractivity contribution in [3.05, 3.63) is 0 Å². The Morgan fingerprint density at radius 1 is 1.23 bits per heavy atom. The van der Waals surface area contributed by atoms with Crippen LogP contribution in [-0.2, 0) is 10.7 Å². The molecule has 0 amide bonds. The Morgan fingerprint density at radius 3 is 2.15 bits per heavy atom. The summed E-state index contributed by atoms with van der Waals surface area (Å²) in [7, 11) is -2.22. The van der Waals surface area contributed by atoms with Crippen molar-refractivity contribution in [3.63, 3.8) is 0 Å². The van der Waals surface area contributed by atoms with Crippen LogP contribution in [0.2, 0.25) is 0 Å². The van der Waals surface area contributed by atoms with E-state index >= 15 is 0 Å². The van der Waals surface area contributed by atoms with Gasteiger partial charge < -0.3 is 4.90 Å². The molecule has 0 spiro atoms. The average Bonchev–Trinajstić information content (AvgIpc) is 2.12.